The third-order valence-electron chi connectivity index (χ3n) is 6.62. The largest absolute Gasteiger partial charge is 0.354 e. The zero-order valence-electron chi connectivity index (χ0n) is 22.3. The molecule has 1 atom stereocenters. The van der Waals surface area contributed by atoms with Crippen molar-refractivity contribution in [2.45, 2.75) is 71.4 Å². The SMILES string of the molecule is CCCCNC(=O)[C@@H](Cc1ccccc1)N(Cc1cccc(Br)c1)C(=O)CCc1ccc(C(C)C)cc1. The topological polar surface area (TPSA) is 49.4 Å². The molecule has 1 N–H and O–H groups in total. The molecule has 196 valence electrons. The predicted octanol–water partition coefficient (Wildman–Crippen LogP) is 7.06. The Bertz CT molecular complexity index is 1130. The Labute approximate surface area is 230 Å². The summed E-state index contributed by atoms with van der Waals surface area (Å²) in [6.45, 7) is 7.45. The van der Waals surface area contributed by atoms with Crippen molar-refractivity contribution in [1.82, 2.24) is 10.2 Å². The Hall–Kier alpha value is -2.92. The minimum absolute atomic E-state index is 0.0144. The first-order valence-corrected chi connectivity index (χ1v) is 14.1. The Balaban J connectivity index is 1.86. The van der Waals surface area contributed by atoms with Crippen LogP contribution in [0.3, 0.4) is 0 Å². The second kappa shape index (κ2) is 14.7. The molecule has 0 spiro atoms. The highest BCUT2D eigenvalue weighted by Crippen LogP contribution is 2.20. The van der Waals surface area contributed by atoms with Crippen LogP contribution in [0.2, 0.25) is 0 Å². The molecule has 37 heavy (non-hydrogen) atoms. The van der Waals surface area contributed by atoms with Crippen molar-refractivity contribution < 1.29 is 9.59 Å². The maximum atomic E-state index is 13.8. The molecule has 0 aliphatic heterocycles. The number of aryl methyl sites for hydroxylation is 1. The highest BCUT2D eigenvalue weighted by Gasteiger charge is 2.30. The van der Waals surface area contributed by atoms with E-state index in [1.165, 1.54) is 5.56 Å². The number of halogens is 1. The molecule has 0 bridgehead atoms. The van der Waals surface area contributed by atoms with Gasteiger partial charge in [0.2, 0.25) is 11.8 Å². The Morgan fingerprint density at radius 3 is 2.24 bits per heavy atom. The van der Waals surface area contributed by atoms with Crippen LogP contribution in [0.1, 0.15) is 68.2 Å². The number of rotatable bonds is 13. The van der Waals surface area contributed by atoms with Gasteiger partial charge in [0.15, 0.2) is 0 Å². The molecular formula is C32H39BrN2O2. The van der Waals surface area contributed by atoms with Crippen LogP contribution in [-0.4, -0.2) is 29.3 Å². The quantitative estimate of drug-likeness (QED) is 0.226. The molecular weight excluding hydrogens is 524 g/mol. The summed E-state index contributed by atoms with van der Waals surface area (Å²) in [5.74, 6) is 0.364. The molecule has 4 nitrogen and oxygen atoms in total. The molecule has 2 amide bonds. The minimum Gasteiger partial charge on any atom is -0.354 e. The van der Waals surface area contributed by atoms with Gasteiger partial charge in [-0.25, -0.2) is 0 Å². The van der Waals surface area contributed by atoms with Gasteiger partial charge >= 0.3 is 0 Å². The number of nitrogens with zero attached hydrogens (tertiary/aromatic N) is 1. The second-order valence-corrected chi connectivity index (χ2v) is 10.8. The molecule has 3 aromatic rings. The number of benzene rings is 3. The Morgan fingerprint density at radius 1 is 0.892 bits per heavy atom. The molecule has 0 aliphatic rings. The van der Waals surface area contributed by atoms with Gasteiger partial charge in [-0.05, 0) is 53.1 Å². The zero-order chi connectivity index (χ0) is 26.6. The van der Waals surface area contributed by atoms with Gasteiger partial charge in [-0.2, -0.15) is 0 Å². The molecule has 5 heteroatoms. The lowest BCUT2D eigenvalue weighted by Gasteiger charge is -2.32. The van der Waals surface area contributed by atoms with Gasteiger partial charge in [-0.3, -0.25) is 9.59 Å². The van der Waals surface area contributed by atoms with E-state index in [0.717, 1.165) is 34.0 Å². The van der Waals surface area contributed by atoms with Crippen LogP contribution < -0.4 is 5.32 Å². The van der Waals surface area contributed by atoms with E-state index in [9.17, 15) is 9.59 Å². The van der Waals surface area contributed by atoms with Crippen molar-refractivity contribution in [1.29, 1.82) is 0 Å². The summed E-state index contributed by atoms with van der Waals surface area (Å²) >= 11 is 3.55. The van der Waals surface area contributed by atoms with Crippen LogP contribution in [0.25, 0.3) is 0 Å². The van der Waals surface area contributed by atoms with E-state index in [1.54, 1.807) is 4.90 Å². The molecule has 0 saturated carbocycles. The number of hydrogen-bond acceptors (Lipinski definition) is 2. The molecule has 0 saturated heterocycles. The standard InChI is InChI=1S/C32H39BrN2O2/c1-4-5-20-34-32(37)30(22-26-10-7-6-8-11-26)35(23-27-12-9-13-29(33)21-27)31(36)19-16-25-14-17-28(18-15-25)24(2)3/h6-15,17-18,21,24,30H,4-5,16,19-20,22-23H2,1-3H3,(H,34,37)/t30-/m1/s1. The fourth-order valence-corrected chi connectivity index (χ4v) is 4.80. The number of carbonyl (C=O) groups excluding carboxylic acids is 2. The number of hydrogen-bond donors (Lipinski definition) is 1. The van der Waals surface area contributed by atoms with Crippen LogP contribution in [0, 0.1) is 0 Å². The van der Waals surface area contributed by atoms with E-state index in [0.29, 0.717) is 38.3 Å². The first kappa shape index (κ1) is 28.6. The molecule has 3 aromatic carbocycles. The first-order valence-electron chi connectivity index (χ1n) is 13.3. The number of amides is 2. The van der Waals surface area contributed by atoms with E-state index in [2.05, 4.69) is 66.3 Å². The second-order valence-electron chi connectivity index (χ2n) is 9.90. The lowest BCUT2D eigenvalue weighted by atomic mass is 9.99. The molecule has 0 aromatic heterocycles. The van der Waals surface area contributed by atoms with E-state index in [4.69, 9.17) is 0 Å². The summed E-state index contributed by atoms with van der Waals surface area (Å²) in [4.78, 5) is 29.0. The summed E-state index contributed by atoms with van der Waals surface area (Å²) in [5, 5.41) is 3.08. The summed E-state index contributed by atoms with van der Waals surface area (Å²) in [5.41, 5.74) is 4.45. The van der Waals surface area contributed by atoms with E-state index < -0.39 is 6.04 Å². The van der Waals surface area contributed by atoms with Crippen molar-refractivity contribution in [3.8, 4) is 0 Å². The average molecular weight is 564 g/mol. The molecule has 0 aliphatic carbocycles. The van der Waals surface area contributed by atoms with Gasteiger partial charge in [0.1, 0.15) is 6.04 Å². The minimum atomic E-state index is -0.589. The maximum absolute atomic E-state index is 13.8. The maximum Gasteiger partial charge on any atom is 0.243 e. The molecule has 3 rings (SSSR count). The van der Waals surface area contributed by atoms with Crippen molar-refractivity contribution in [2.75, 3.05) is 6.54 Å². The highest BCUT2D eigenvalue weighted by atomic mass is 79.9. The Kier molecular flexibility index (Phi) is 11.4. The van der Waals surface area contributed by atoms with Gasteiger partial charge in [0.05, 0.1) is 0 Å². The zero-order valence-corrected chi connectivity index (χ0v) is 23.8. The van der Waals surface area contributed by atoms with Crippen molar-refractivity contribution in [3.05, 3.63) is 106 Å². The van der Waals surface area contributed by atoms with Crippen molar-refractivity contribution >= 4 is 27.7 Å². The van der Waals surface area contributed by atoms with Gasteiger partial charge in [0.25, 0.3) is 0 Å². The predicted molar refractivity (Wildman–Crippen MR) is 155 cm³/mol. The van der Waals surface area contributed by atoms with Crippen LogP contribution in [-0.2, 0) is 29.0 Å². The molecule has 0 unspecified atom stereocenters. The van der Waals surface area contributed by atoms with Gasteiger partial charge in [-0.15, -0.1) is 0 Å². The van der Waals surface area contributed by atoms with E-state index in [1.807, 2.05) is 54.6 Å². The number of carbonyl (C=O) groups is 2. The number of nitrogens with one attached hydrogen (secondary N) is 1. The van der Waals surface area contributed by atoms with Crippen LogP contribution in [0.4, 0.5) is 0 Å². The molecule has 0 radical (unpaired) electrons. The lowest BCUT2D eigenvalue weighted by molar-refractivity contribution is -0.141. The summed E-state index contributed by atoms with van der Waals surface area (Å²) in [6, 6.07) is 25.8. The summed E-state index contributed by atoms with van der Waals surface area (Å²) < 4.78 is 0.953. The lowest BCUT2D eigenvalue weighted by Crippen LogP contribution is -2.50. The van der Waals surface area contributed by atoms with E-state index in [-0.39, 0.29) is 11.8 Å². The van der Waals surface area contributed by atoms with Gasteiger partial charge in [0, 0.05) is 30.4 Å². The average Bonchev–Trinajstić information content (AvgIpc) is 2.90. The fraction of sp³-hybridized carbons (Fsp3) is 0.375. The highest BCUT2D eigenvalue weighted by molar-refractivity contribution is 9.10. The van der Waals surface area contributed by atoms with Crippen molar-refractivity contribution in [2.24, 2.45) is 0 Å². The van der Waals surface area contributed by atoms with Crippen LogP contribution in [0.15, 0.2) is 83.3 Å². The number of unbranched alkanes of at least 4 members (excludes halogenated alkanes) is 1. The summed E-state index contributed by atoms with van der Waals surface area (Å²) in [7, 11) is 0. The fourth-order valence-electron chi connectivity index (χ4n) is 4.36. The smallest absolute Gasteiger partial charge is 0.243 e. The third-order valence-corrected chi connectivity index (χ3v) is 7.11. The first-order chi connectivity index (χ1) is 17.9. The van der Waals surface area contributed by atoms with Crippen LogP contribution >= 0.6 is 15.9 Å². The van der Waals surface area contributed by atoms with Gasteiger partial charge in [-0.1, -0.05) is 110 Å². The molecule has 0 heterocycles. The Morgan fingerprint density at radius 2 is 1.59 bits per heavy atom. The monoisotopic (exact) mass is 562 g/mol. The van der Waals surface area contributed by atoms with Crippen LogP contribution in [0.5, 0.6) is 0 Å². The van der Waals surface area contributed by atoms with E-state index >= 15 is 0 Å². The normalized spacial score (nSPS) is 11.8. The van der Waals surface area contributed by atoms with Gasteiger partial charge < -0.3 is 10.2 Å². The summed E-state index contributed by atoms with van der Waals surface area (Å²) in [6.07, 6.45) is 3.38. The third kappa shape index (κ3) is 9.15. The van der Waals surface area contributed by atoms with Crippen molar-refractivity contribution in [3.63, 3.8) is 0 Å². The molecule has 0 fully saturated rings.